The molecule has 0 bridgehead atoms. The van der Waals surface area contributed by atoms with Crippen molar-refractivity contribution in [3.8, 4) is 0 Å². The normalized spacial score (nSPS) is 14.2. The number of nitrogens with zero attached hydrogens (tertiary/aromatic N) is 3. The van der Waals surface area contributed by atoms with Crippen LogP contribution in [0.3, 0.4) is 0 Å². The van der Waals surface area contributed by atoms with Crippen LogP contribution in [0.1, 0.15) is 59.8 Å². The second-order valence-electron chi connectivity index (χ2n) is 6.23. The standard InChI is InChI=1S/C14H28N4/c1-7-15-12(14(4,5)6)8-9-13-16-10-17-18(13)11(2)3/h10-12,15H,7-9H2,1-6H3. The summed E-state index contributed by atoms with van der Waals surface area (Å²) in [4.78, 5) is 4.38. The van der Waals surface area contributed by atoms with Crippen LogP contribution in [0.4, 0.5) is 0 Å². The first-order chi connectivity index (χ1) is 8.36. The summed E-state index contributed by atoms with van der Waals surface area (Å²) < 4.78 is 2.02. The Labute approximate surface area is 111 Å². The van der Waals surface area contributed by atoms with Crippen LogP contribution >= 0.6 is 0 Å². The van der Waals surface area contributed by atoms with E-state index in [1.807, 2.05) is 4.68 Å². The molecule has 18 heavy (non-hydrogen) atoms. The van der Waals surface area contributed by atoms with Gasteiger partial charge in [0.1, 0.15) is 12.2 Å². The smallest absolute Gasteiger partial charge is 0.138 e. The van der Waals surface area contributed by atoms with Crippen LogP contribution in [0, 0.1) is 5.41 Å². The summed E-state index contributed by atoms with van der Waals surface area (Å²) in [6, 6.07) is 0.898. The highest BCUT2D eigenvalue weighted by molar-refractivity contribution is 4.90. The molecule has 0 saturated heterocycles. The van der Waals surface area contributed by atoms with E-state index in [4.69, 9.17) is 0 Å². The van der Waals surface area contributed by atoms with Gasteiger partial charge in [-0.2, -0.15) is 5.10 Å². The zero-order valence-electron chi connectivity index (χ0n) is 12.7. The third kappa shape index (κ3) is 4.09. The zero-order valence-corrected chi connectivity index (χ0v) is 12.7. The molecule has 1 atom stereocenters. The van der Waals surface area contributed by atoms with Gasteiger partial charge in [0.05, 0.1) is 0 Å². The van der Waals surface area contributed by atoms with Crippen LogP contribution in [-0.4, -0.2) is 27.4 Å². The minimum atomic E-state index is 0.276. The molecule has 0 fully saturated rings. The first kappa shape index (κ1) is 15.2. The number of aromatic nitrogens is 3. The van der Waals surface area contributed by atoms with Gasteiger partial charge in [-0.3, -0.25) is 0 Å². The summed E-state index contributed by atoms with van der Waals surface area (Å²) in [7, 11) is 0. The van der Waals surface area contributed by atoms with E-state index in [2.05, 4.69) is 56.9 Å². The molecule has 1 N–H and O–H groups in total. The van der Waals surface area contributed by atoms with Gasteiger partial charge in [-0.1, -0.05) is 27.7 Å². The molecule has 0 aliphatic rings. The lowest BCUT2D eigenvalue weighted by atomic mass is 9.84. The Balaban J connectivity index is 2.64. The fraction of sp³-hybridized carbons (Fsp3) is 0.857. The third-order valence-electron chi connectivity index (χ3n) is 3.29. The van der Waals surface area contributed by atoms with Gasteiger partial charge in [-0.25, -0.2) is 9.67 Å². The molecule has 4 nitrogen and oxygen atoms in total. The van der Waals surface area contributed by atoms with Crippen molar-refractivity contribution in [3.05, 3.63) is 12.2 Å². The number of hydrogen-bond acceptors (Lipinski definition) is 3. The van der Waals surface area contributed by atoms with E-state index in [9.17, 15) is 0 Å². The van der Waals surface area contributed by atoms with Crippen molar-refractivity contribution >= 4 is 0 Å². The van der Waals surface area contributed by atoms with E-state index < -0.39 is 0 Å². The van der Waals surface area contributed by atoms with Gasteiger partial charge in [-0.05, 0) is 32.2 Å². The van der Waals surface area contributed by atoms with Gasteiger partial charge in [0.15, 0.2) is 0 Å². The molecular formula is C14H28N4. The van der Waals surface area contributed by atoms with Crippen molar-refractivity contribution < 1.29 is 0 Å². The first-order valence-electron chi connectivity index (χ1n) is 6.98. The fourth-order valence-electron chi connectivity index (χ4n) is 2.25. The number of rotatable bonds is 6. The molecule has 0 aromatic carbocycles. The molecule has 104 valence electrons. The molecular weight excluding hydrogens is 224 g/mol. The fourth-order valence-corrected chi connectivity index (χ4v) is 2.25. The Morgan fingerprint density at radius 2 is 2.00 bits per heavy atom. The summed E-state index contributed by atoms with van der Waals surface area (Å²) >= 11 is 0. The number of nitrogens with one attached hydrogen (secondary N) is 1. The van der Waals surface area contributed by atoms with E-state index in [1.54, 1.807) is 6.33 Å². The van der Waals surface area contributed by atoms with Crippen molar-refractivity contribution in [1.29, 1.82) is 0 Å². The maximum Gasteiger partial charge on any atom is 0.138 e. The van der Waals surface area contributed by atoms with Gasteiger partial charge in [-0.15, -0.1) is 0 Å². The Kier molecular flexibility index (Phi) is 5.32. The highest BCUT2D eigenvalue weighted by atomic mass is 15.3. The van der Waals surface area contributed by atoms with Crippen molar-refractivity contribution in [2.45, 2.75) is 66.5 Å². The molecule has 1 unspecified atom stereocenters. The van der Waals surface area contributed by atoms with E-state index in [-0.39, 0.29) is 5.41 Å². The molecule has 0 amide bonds. The Bertz CT molecular complexity index is 349. The summed E-state index contributed by atoms with van der Waals surface area (Å²) in [5.41, 5.74) is 0.276. The molecule has 1 rings (SSSR count). The third-order valence-corrected chi connectivity index (χ3v) is 3.29. The number of aryl methyl sites for hydroxylation is 1. The molecule has 4 heteroatoms. The SMILES string of the molecule is CCNC(CCc1ncnn1C(C)C)C(C)(C)C. The van der Waals surface area contributed by atoms with Gasteiger partial charge in [0, 0.05) is 18.5 Å². The van der Waals surface area contributed by atoms with Crippen molar-refractivity contribution in [1.82, 2.24) is 20.1 Å². The Morgan fingerprint density at radius 1 is 1.33 bits per heavy atom. The molecule has 1 aromatic heterocycles. The zero-order chi connectivity index (χ0) is 13.8. The highest BCUT2D eigenvalue weighted by Gasteiger charge is 2.24. The summed E-state index contributed by atoms with van der Waals surface area (Å²) in [6.45, 7) is 14.3. The monoisotopic (exact) mass is 252 g/mol. The molecule has 0 radical (unpaired) electrons. The van der Waals surface area contributed by atoms with Crippen LogP contribution in [0.2, 0.25) is 0 Å². The van der Waals surface area contributed by atoms with Crippen molar-refractivity contribution in [2.24, 2.45) is 5.41 Å². The van der Waals surface area contributed by atoms with Crippen LogP contribution in [0.5, 0.6) is 0 Å². The second-order valence-corrected chi connectivity index (χ2v) is 6.23. The topological polar surface area (TPSA) is 42.7 Å². The predicted octanol–water partition coefficient (Wildman–Crippen LogP) is 2.82. The minimum absolute atomic E-state index is 0.276. The largest absolute Gasteiger partial charge is 0.314 e. The van der Waals surface area contributed by atoms with Crippen LogP contribution in [0.25, 0.3) is 0 Å². The summed E-state index contributed by atoms with van der Waals surface area (Å²) in [6.07, 6.45) is 3.74. The lowest BCUT2D eigenvalue weighted by Gasteiger charge is -2.31. The van der Waals surface area contributed by atoms with Gasteiger partial charge >= 0.3 is 0 Å². The summed E-state index contributed by atoms with van der Waals surface area (Å²) in [5.74, 6) is 1.09. The number of hydrogen-bond donors (Lipinski definition) is 1. The van der Waals surface area contributed by atoms with Crippen LogP contribution < -0.4 is 5.32 Å². The second kappa shape index (κ2) is 6.32. The average molecular weight is 252 g/mol. The molecule has 1 heterocycles. The van der Waals surface area contributed by atoms with E-state index >= 15 is 0 Å². The van der Waals surface area contributed by atoms with Crippen molar-refractivity contribution in [2.75, 3.05) is 6.54 Å². The minimum Gasteiger partial charge on any atom is -0.314 e. The molecule has 0 saturated carbocycles. The maximum absolute atomic E-state index is 4.38. The Morgan fingerprint density at radius 3 is 2.50 bits per heavy atom. The molecule has 0 aliphatic heterocycles. The summed E-state index contributed by atoms with van der Waals surface area (Å²) in [5, 5.41) is 7.86. The molecule has 0 aliphatic carbocycles. The van der Waals surface area contributed by atoms with Gasteiger partial charge < -0.3 is 5.32 Å². The highest BCUT2D eigenvalue weighted by Crippen LogP contribution is 2.23. The van der Waals surface area contributed by atoms with E-state index in [0.29, 0.717) is 12.1 Å². The van der Waals surface area contributed by atoms with Crippen LogP contribution in [-0.2, 0) is 6.42 Å². The Hall–Kier alpha value is -0.900. The van der Waals surface area contributed by atoms with E-state index in [0.717, 1.165) is 25.2 Å². The van der Waals surface area contributed by atoms with Gasteiger partial charge in [0.2, 0.25) is 0 Å². The van der Waals surface area contributed by atoms with Gasteiger partial charge in [0.25, 0.3) is 0 Å². The first-order valence-corrected chi connectivity index (χ1v) is 6.98. The van der Waals surface area contributed by atoms with Crippen molar-refractivity contribution in [3.63, 3.8) is 0 Å². The average Bonchev–Trinajstić information content (AvgIpc) is 2.70. The molecule has 0 spiro atoms. The quantitative estimate of drug-likeness (QED) is 0.846. The maximum atomic E-state index is 4.38. The lowest BCUT2D eigenvalue weighted by Crippen LogP contribution is -2.40. The van der Waals surface area contributed by atoms with Crippen LogP contribution in [0.15, 0.2) is 6.33 Å². The molecule has 1 aromatic rings. The predicted molar refractivity (Wildman–Crippen MR) is 75.6 cm³/mol. The lowest BCUT2D eigenvalue weighted by molar-refractivity contribution is 0.256. The van der Waals surface area contributed by atoms with E-state index in [1.165, 1.54) is 0 Å².